The fraction of sp³-hybridized carbons (Fsp3) is 0.686. The van der Waals surface area contributed by atoms with E-state index in [-0.39, 0.29) is 22.3 Å². The van der Waals surface area contributed by atoms with E-state index in [0.717, 1.165) is 50.5 Å². The molecule has 1 aromatic heterocycles. The number of nitrogens with zero attached hydrogens (tertiary/aromatic N) is 1. The molecule has 8 rings (SSSR count). The normalized spacial score (nSPS) is 43.3. The third-order valence-electron chi connectivity index (χ3n) is 13.0. The minimum atomic E-state index is -4.42. The number of para-hydroxylation sites is 1. The van der Waals surface area contributed by atoms with Crippen molar-refractivity contribution in [1.82, 2.24) is 4.98 Å². The maximum atomic E-state index is 13.7. The van der Waals surface area contributed by atoms with E-state index in [1.807, 2.05) is 0 Å². The molecule has 4 fully saturated rings. The Kier molecular flexibility index (Phi) is 6.35. The Labute approximate surface area is 256 Å². The number of alkyl halides is 3. The van der Waals surface area contributed by atoms with Gasteiger partial charge >= 0.3 is 6.18 Å². The summed E-state index contributed by atoms with van der Waals surface area (Å²) in [7, 11) is 0. The summed E-state index contributed by atoms with van der Waals surface area (Å²) in [6.45, 7) is 10.5. The Morgan fingerprint density at radius 3 is 2.63 bits per heavy atom. The molecule has 0 radical (unpaired) electrons. The molecule has 2 aromatic rings. The van der Waals surface area contributed by atoms with Gasteiger partial charge in [-0.05, 0) is 103 Å². The van der Waals surface area contributed by atoms with Crippen LogP contribution < -0.4 is 5.32 Å². The second-order valence-electron chi connectivity index (χ2n) is 15.1. The van der Waals surface area contributed by atoms with Crippen molar-refractivity contribution in [3.63, 3.8) is 0 Å². The Hall–Kier alpha value is -1.90. The number of hydrogen-bond acceptors (Lipinski definition) is 5. The lowest BCUT2D eigenvalue weighted by atomic mass is 9.47. The predicted molar refractivity (Wildman–Crippen MR) is 163 cm³/mol. The van der Waals surface area contributed by atoms with Gasteiger partial charge in [0.05, 0.1) is 34.5 Å². The zero-order valence-electron chi connectivity index (χ0n) is 25.6. The average Bonchev–Trinajstić information content (AvgIpc) is 3.59. The monoisotopic (exact) mass is 612 g/mol. The Balaban J connectivity index is 1.06. The minimum Gasteiger partial charge on any atom is -0.349 e. The van der Waals surface area contributed by atoms with Crippen molar-refractivity contribution in [3.05, 3.63) is 46.5 Å². The molecule has 1 N–H and O–H groups in total. The van der Waals surface area contributed by atoms with Crippen LogP contribution in [0, 0.1) is 46.3 Å². The van der Waals surface area contributed by atoms with E-state index >= 15 is 0 Å². The van der Waals surface area contributed by atoms with Gasteiger partial charge in [0.15, 0.2) is 10.9 Å². The number of rotatable bonds is 2. The van der Waals surface area contributed by atoms with Crippen molar-refractivity contribution in [2.45, 2.75) is 97.1 Å². The number of thiazole rings is 1. The quantitative estimate of drug-likeness (QED) is 0.367. The Morgan fingerprint density at radius 2 is 1.86 bits per heavy atom. The number of aromatic nitrogens is 1. The number of benzene rings is 1. The summed E-state index contributed by atoms with van der Waals surface area (Å²) in [5, 5.41) is 3.57. The Bertz CT molecular complexity index is 1460. The molecule has 1 spiro atoms. The van der Waals surface area contributed by atoms with E-state index in [1.165, 1.54) is 53.2 Å². The molecule has 232 valence electrons. The molecule has 4 nitrogen and oxygen atoms in total. The van der Waals surface area contributed by atoms with Crippen LogP contribution in [0.5, 0.6) is 0 Å². The van der Waals surface area contributed by atoms with Gasteiger partial charge < -0.3 is 14.8 Å². The largest absolute Gasteiger partial charge is 0.418 e. The van der Waals surface area contributed by atoms with Gasteiger partial charge in [-0.25, -0.2) is 4.98 Å². The number of allylic oxidation sites excluding steroid dienone is 2. The van der Waals surface area contributed by atoms with Crippen molar-refractivity contribution < 1.29 is 22.6 Å². The summed E-state index contributed by atoms with van der Waals surface area (Å²) in [5.41, 5.74) is 2.17. The van der Waals surface area contributed by atoms with Gasteiger partial charge in [-0.1, -0.05) is 57.2 Å². The van der Waals surface area contributed by atoms with E-state index in [0.29, 0.717) is 46.7 Å². The molecule has 8 heteroatoms. The van der Waals surface area contributed by atoms with Gasteiger partial charge in [-0.3, -0.25) is 0 Å². The maximum absolute atomic E-state index is 13.7. The second kappa shape index (κ2) is 9.56. The standard InChI is InChI=1S/C35H43F3N2O2S/c1-19-11-16-34(41-18-19)20(2)29-28(42-34)17-25-21-9-10-24-30-27(13-15-32(24,3)22(21)12-14-33(25,29)4)40-31(43-30)39-26-8-6-5-7-23(26)35(36,37)38/h5-8,10,19-22,25,28-29H,9,11-18H2,1-4H3,(H,39,40)/t19-,20+,21-,22+,25+,28+,29+,32-,33+,34-/m1/s1. The zero-order chi connectivity index (χ0) is 29.9. The van der Waals surface area contributed by atoms with Gasteiger partial charge in [0.25, 0.3) is 0 Å². The topological polar surface area (TPSA) is 43.4 Å². The van der Waals surface area contributed by atoms with Crippen LogP contribution in [0.4, 0.5) is 24.0 Å². The highest BCUT2D eigenvalue weighted by atomic mass is 32.1. The molecule has 1 aromatic carbocycles. The Morgan fingerprint density at radius 1 is 1.05 bits per heavy atom. The van der Waals surface area contributed by atoms with Crippen LogP contribution in [0.25, 0.3) is 5.57 Å². The number of nitrogens with one attached hydrogen (secondary N) is 1. The molecular formula is C35H43F3N2O2S. The van der Waals surface area contributed by atoms with Crippen LogP contribution in [0.3, 0.4) is 0 Å². The lowest BCUT2D eigenvalue weighted by molar-refractivity contribution is -0.272. The smallest absolute Gasteiger partial charge is 0.349 e. The lowest BCUT2D eigenvalue weighted by Crippen LogP contribution is -2.51. The minimum absolute atomic E-state index is 0.0614. The number of fused-ring (bicyclic) bond motifs is 9. The first-order chi connectivity index (χ1) is 20.4. The van der Waals surface area contributed by atoms with Gasteiger partial charge in [0.1, 0.15) is 0 Å². The van der Waals surface area contributed by atoms with Crippen molar-refractivity contribution in [1.29, 1.82) is 0 Å². The van der Waals surface area contributed by atoms with E-state index in [1.54, 1.807) is 6.07 Å². The molecule has 0 bridgehead atoms. The molecule has 0 unspecified atom stereocenters. The first-order valence-electron chi connectivity index (χ1n) is 16.4. The van der Waals surface area contributed by atoms with Crippen LogP contribution in [-0.4, -0.2) is 23.5 Å². The van der Waals surface area contributed by atoms with Crippen LogP contribution in [0.2, 0.25) is 0 Å². The molecule has 3 heterocycles. The molecule has 43 heavy (non-hydrogen) atoms. The third-order valence-corrected chi connectivity index (χ3v) is 14.1. The summed E-state index contributed by atoms with van der Waals surface area (Å²) >= 11 is 1.53. The average molecular weight is 613 g/mol. The van der Waals surface area contributed by atoms with Crippen LogP contribution >= 0.6 is 11.3 Å². The van der Waals surface area contributed by atoms with Crippen molar-refractivity contribution in [3.8, 4) is 0 Å². The summed E-state index contributed by atoms with van der Waals surface area (Å²) in [6, 6.07) is 5.67. The van der Waals surface area contributed by atoms with E-state index < -0.39 is 11.7 Å². The third kappa shape index (κ3) is 4.10. The molecule has 2 aliphatic heterocycles. The molecule has 4 aliphatic carbocycles. The molecule has 2 saturated carbocycles. The van der Waals surface area contributed by atoms with Gasteiger partial charge in [-0.2, -0.15) is 13.2 Å². The van der Waals surface area contributed by atoms with Crippen LogP contribution in [0.1, 0.15) is 88.8 Å². The maximum Gasteiger partial charge on any atom is 0.418 e. The van der Waals surface area contributed by atoms with E-state index in [4.69, 9.17) is 14.5 Å². The van der Waals surface area contributed by atoms with Gasteiger partial charge in [0.2, 0.25) is 0 Å². The van der Waals surface area contributed by atoms with Gasteiger partial charge in [0, 0.05) is 12.3 Å². The van der Waals surface area contributed by atoms with Crippen molar-refractivity contribution in [2.75, 3.05) is 11.9 Å². The highest BCUT2D eigenvalue weighted by molar-refractivity contribution is 7.16. The molecule has 2 saturated heterocycles. The molecular weight excluding hydrogens is 569 g/mol. The second-order valence-corrected chi connectivity index (χ2v) is 16.1. The van der Waals surface area contributed by atoms with E-state index in [2.05, 4.69) is 39.1 Å². The summed E-state index contributed by atoms with van der Waals surface area (Å²) < 4.78 is 54.4. The van der Waals surface area contributed by atoms with Crippen LogP contribution in [-0.2, 0) is 22.1 Å². The fourth-order valence-electron chi connectivity index (χ4n) is 10.9. The summed E-state index contributed by atoms with van der Waals surface area (Å²) in [4.78, 5) is 6.00. The fourth-order valence-corrected chi connectivity index (χ4v) is 12.1. The zero-order valence-corrected chi connectivity index (χ0v) is 26.4. The van der Waals surface area contributed by atoms with Crippen molar-refractivity contribution >= 4 is 27.7 Å². The SMILES string of the molecule is C[C@@H]1CC[C@@]2(OC1)O[C@H]1C[C@H]3[C@@H]4CC=C5c6sc(Nc7ccccc7C(F)(F)F)nc6CC[C@]5(C)[C@H]4CC[C@]3(C)[C@H]1[C@@H]2C. The number of hydrogen-bond donors (Lipinski definition) is 1. The number of ether oxygens (including phenoxy) is 2. The number of aryl methyl sites for hydroxylation is 1. The van der Waals surface area contributed by atoms with E-state index in [9.17, 15) is 13.2 Å². The molecule has 0 amide bonds. The van der Waals surface area contributed by atoms with Crippen molar-refractivity contribution in [2.24, 2.45) is 46.3 Å². The number of halogens is 3. The van der Waals surface area contributed by atoms with Gasteiger partial charge in [-0.15, -0.1) is 0 Å². The predicted octanol–water partition coefficient (Wildman–Crippen LogP) is 9.49. The van der Waals surface area contributed by atoms with Crippen LogP contribution in [0.15, 0.2) is 30.3 Å². The highest BCUT2D eigenvalue weighted by Gasteiger charge is 2.68. The highest BCUT2D eigenvalue weighted by Crippen LogP contribution is 2.71. The first-order valence-corrected chi connectivity index (χ1v) is 17.2. The lowest BCUT2D eigenvalue weighted by Gasteiger charge is -2.57. The molecule has 6 aliphatic rings. The number of anilines is 2. The first kappa shape index (κ1) is 28.6. The summed E-state index contributed by atoms with van der Waals surface area (Å²) in [5.74, 6) is 3.11. The molecule has 10 atom stereocenters. The summed E-state index contributed by atoms with van der Waals surface area (Å²) in [6.07, 6.45) is 7.17.